The van der Waals surface area contributed by atoms with Gasteiger partial charge >= 0.3 is 11.9 Å². The maximum atomic E-state index is 13.1. The van der Waals surface area contributed by atoms with E-state index in [1.54, 1.807) is 30.3 Å². The number of nitrogens with zero attached hydrogens (tertiary/aromatic N) is 2. The number of rotatable bonds is 5. The Hall–Kier alpha value is -4.86. The molecule has 11 nitrogen and oxygen atoms in total. The van der Waals surface area contributed by atoms with Crippen LogP contribution in [0.4, 0.5) is 5.69 Å². The van der Waals surface area contributed by atoms with E-state index in [0.29, 0.717) is 5.56 Å². The molecule has 194 valence electrons. The Kier molecular flexibility index (Phi) is 6.82. The maximum absolute atomic E-state index is 13.1. The molecule has 0 saturated heterocycles. The largest absolute Gasteiger partial charge is 0.507 e. The van der Waals surface area contributed by atoms with Gasteiger partial charge in [0, 0.05) is 17.1 Å². The van der Waals surface area contributed by atoms with Gasteiger partial charge in [-0.2, -0.15) is 13.7 Å². The summed E-state index contributed by atoms with van der Waals surface area (Å²) in [5.41, 5.74) is 6.56. The number of aromatic hydroxyl groups is 1. The maximum Gasteiger partial charge on any atom is 0.355 e. The number of fused-ring (bicyclic) bond motifs is 1. The fourth-order valence-electron chi connectivity index (χ4n) is 4.37. The summed E-state index contributed by atoms with van der Waals surface area (Å²) in [5, 5.41) is 21.0. The van der Waals surface area contributed by atoms with Crippen LogP contribution >= 0.6 is 0 Å². The van der Waals surface area contributed by atoms with Gasteiger partial charge in [-0.3, -0.25) is 9.45 Å². The van der Waals surface area contributed by atoms with Gasteiger partial charge in [0.2, 0.25) is 0 Å². The zero-order valence-corrected chi connectivity index (χ0v) is 20.9. The minimum Gasteiger partial charge on any atom is -0.507 e. The number of hydrogen-bond donors (Lipinski definition) is 3. The summed E-state index contributed by atoms with van der Waals surface area (Å²) in [6.07, 6.45) is 0. The van der Waals surface area contributed by atoms with Crippen molar-refractivity contribution in [1.29, 1.82) is 5.26 Å². The standard InChI is InChI=1S/C26H21N3O8S/c1-36-25(31)22-21(14-6-4-3-5-7-14)19(13-27)24(28)29(23(22)26(32)37-2)16-9-8-15-10-17(38(33,34)35)12-20(30)18(15)11-16/h3-12,21,30H,28H2,1-2H3,(H,33,34,35). The third-order valence-electron chi connectivity index (χ3n) is 6.06. The zero-order chi connectivity index (χ0) is 27.8. The second kappa shape index (κ2) is 9.89. The van der Waals surface area contributed by atoms with Gasteiger partial charge < -0.3 is 20.3 Å². The van der Waals surface area contributed by atoms with Crippen LogP contribution < -0.4 is 10.6 Å². The number of benzene rings is 3. The normalized spacial score (nSPS) is 15.8. The van der Waals surface area contributed by atoms with Gasteiger partial charge in [0.15, 0.2) is 0 Å². The van der Waals surface area contributed by atoms with Crippen LogP contribution in [-0.4, -0.2) is 44.2 Å². The van der Waals surface area contributed by atoms with Crippen LogP contribution in [0.15, 0.2) is 88.2 Å². The van der Waals surface area contributed by atoms with E-state index in [2.05, 4.69) is 0 Å². The molecule has 0 radical (unpaired) electrons. The van der Waals surface area contributed by atoms with Crippen LogP contribution in [0, 0.1) is 11.3 Å². The van der Waals surface area contributed by atoms with Gasteiger partial charge in [0.25, 0.3) is 10.1 Å². The van der Waals surface area contributed by atoms with E-state index in [4.69, 9.17) is 15.2 Å². The summed E-state index contributed by atoms with van der Waals surface area (Å²) < 4.78 is 42.5. The van der Waals surface area contributed by atoms with Gasteiger partial charge in [0.05, 0.1) is 42.2 Å². The van der Waals surface area contributed by atoms with E-state index in [0.717, 1.165) is 31.3 Å². The molecule has 1 atom stereocenters. The molecule has 1 aliphatic rings. The van der Waals surface area contributed by atoms with Crippen molar-refractivity contribution in [1.82, 2.24) is 0 Å². The summed E-state index contributed by atoms with van der Waals surface area (Å²) in [7, 11) is -2.35. The topological polar surface area (TPSA) is 180 Å². The Balaban J connectivity index is 2.05. The summed E-state index contributed by atoms with van der Waals surface area (Å²) in [6, 6.07) is 16.7. The van der Waals surface area contributed by atoms with Crippen molar-refractivity contribution in [2.45, 2.75) is 10.8 Å². The lowest BCUT2D eigenvalue weighted by Gasteiger charge is -2.36. The first-order valence-corrected chi connectivity index (χ1v) is 12.4. The van der Waals surface area contributed by atoms with Crippen LogP contribution in [0.3, 0.4) is 0 Å². The van der Waals surface area contributed by atoms with Gasteiger partial charge in [-0.15, -0.1) is 0 Å². The number of allylic oxidation sites excluding steroid dienone is 1. The number of nitrogens with two attached hydrogens (primary N) is 1. The quantitative estimate of drug-likeness (QED) is 0.323. The Bertz CT molecular complexity index is 1690. The van der Waals surface area contributed by atoms with Gasteiger partial charge in [-0.25, -0.2) is 9.59 Å². The van der Waals surface area contributed by atoms with E-state index in [9.17, 15) is 32.9 Å². The van der Waals surface area contributed by atoms with E-state index in [1.807, 2.05) is 6.07 Å². The molecule has 0 fully saturated rings. The molecular formula is C26H21N3O8S. The Morgan fingerprint density at radius 2 is 1.68 bits per heavy atom. The third kappa shape index (κ3) is 4.40. The number of esters is 2. The van der Waals surface area contributed by atoms with Crippen molar-refractivity contribution in [2.75, 3.05) is 19.1 Å². The van der Waals surface area contributed by atoms with Gasteiger partial charge in [0.1, 0.15) is 17.3 Å². The second-order valence-corrected chi connectivity index (χ2v) is 9.58. The number of carbonyl (C=O) groups is 2. The van der Waals surface area contributed by atoms with Crippen LogP contribution in [0.1, 0.15) is 11.5 Å². The van der Waals surface area contributed by atoms with Crippen LogP contribution in [0.25, 0.3) is 10.8 Å². The third-order valence-corrected chi connectivity index (χ3v) is 6.89. The van der Waals surface area contributed by atoms with Crippen molar-refractivity contribution < 1.29 is 37.1 Å². The molecule has 0 amide bonds. The zero-order valence-electron chi connectivity index (χ0n) is 20.1. The van der Waals surface area contributed by atoms with Crippen LogP contribution in [-0.2, 0) is 29.2 Å². The van der Waals surface area contributed by atoms with E-state index in [-0.39, 0.29) is 39.1 Å². The predicted octanol–water partition coefficient (Wildman–Crippen LogP) is 2.69. The van der Waals surface area contributed by atoms with E-state index < -0.39 is 38.6 Å². The second-order valence-electron chi connectivity index (χ2n) is 8.16. The Morgan fingerprint density at radius 3 is 2.26 bits per heavy atom. The van der Waals surface area contributed by atoms with Crippen molar-refractivity contribution in [3.8, 4) is 11.8 Å². The summed E-state index contributed by atoms with van der Waals surface area (Å²) in [6.45, 7) is 0. The number of phenolic OH excluding ortho intramolecular Hbond substituents is 1. The molecule has 3 aromatic carbocycles. The fraction of sp³-hybridized carbons (Fsp3) is 0.115. The number of ether oxygens (including phenoxy) is 2. The molecule has 0 aliphatic carbocycles. The first-order valence-electron chi connectivity index (χ1n) is 10.9. The predicted molar refractivity (Wildman–Crippen MR) is 135 cm³/mol. The van der Waals surface area contributed by atoms with E-state index in [1.165, 1.54) is 18.2 Å². The monoisotopic (exact) mass is 535 g/mol. The summed E-state index contributed by atoms with van der Waals surface area (Å²) in [5.74, 6) is -3.56. The molecule has 0 aromatic heterocycles. The lowest BCUT2D eigenvalue weighted by molar-refractivity contribution is -0.139. The molecule has 4 rings (SSSR count). The first kappa shape index (κ1) is 26.2. The molecule has 12 heteroatoms. The lowest BCUT2D eigenvalue weighted by Crippen LogP contribution is -2.40. The molecule has 4 N–H and O–H groups in total. The lowest BCUT2D eigenvalue weighted by atomic mass is 9.81. The van der Waals surface area contributed by atoms with Crippen LogP contribution in [0.2, 0.25) is 0 Å². The minimum atomic E-state index is -4.60. The number of anilines is 1. The Morgan fingerprint density at radius 1 is 1.03 bits per heavy atom. The highest BCUT2D eigenvalue weighted by molar-refractivity contribution is 7.85. The molecule has 1 heterocycles. The highest BCUT2D eigenvalue weighted by atomic mass is 32.2. The van der Waals surface area contributed by atoms with Gasteiger partial charge in [-0.05, 0) is 29.1 Å². The molecule has 0 spiro atoms. The SMILES string of the molecule is COC(=O)C1=C(C(=O)OC)N(c2ccc3cc(S(=O)(=O)O)cc(O)c3c2)C(N)=C(C#N)C1c1ccccc1. The Labute approximate surface area is 217 Å². The van der Waals surface area contributed by atoms with Crippen molar-refractivity contribution >= 4 is 38.5 Å². The van der Waals surface area contributed by atoms with Crippen LogP contribution in [0.5, 0.6) is 5.75 Å². The molecule has 0 bridgehead atoms. The van der Waals surface area contributed by atoms with E-state index >= 15 is 0 Å². The molecule has 38 heavy (non-hydrogen) atoms. The number of hydrogen-bond acceptors (Lipinski definition) is 10. The molecule has 1 unspecified atom stereocenters. The molecular weight excluding hydrogens is 514 g/mol. The van der Waals surface area contributed by atoms with Crippen molar-refractivity contribution in [3.05, 3.63) is 88.9 Å². The van der Waals surface area contributed by atoms with Crippen molar-refractivity contribution in [3.63, 3.8) is 0 Å². The minimum absolute atomic E-state index is 0.0460. The summed E-state index contributed by atoms with van der Waals surface area (Å²) in [4.78, 5) is 26.9. The fourth-order valence-corrected chi connectivity index (χ4v) is 4.91. The summed E-state index contributed by atoms with van der Waals surface area (Å²) >= 11 is 0. The average Bonchev–Trinajstić information content (AvgIpc) is 2.91. The van der Waals surface area contributed by atoms with Crippen molar-refractivity contribution in [2.24, 2.45) is 5.73 Å². The highest BCUT2D eigenvalue weighted by Gasteiger charge is 2.43. The first-order chi connectivity index (χ1) is 18.0. The number of carbonyl (C=O) groups excluding carboxylic acids is 2. The van der Waals surface area contributed by atoms with Gasteiger partial charge in [-0.1, -0.05) is 36.4 Å². The number of methoxy groups -OCH3 is 2. The highest BCUT2D eigenvalue weighted by Crippen LogP contribution is 2.44. The molecule has 3 aromatic rings. The number of nitriles is 1. The molecule has 1 aliphatic heterocycles. The smallest absolute Gasteiger partial charge is 0.355 e. The average molecular weight is 536 g/mol. The number of phenols is 1. The molecule has 0 saturated carbocycles.